The quantitative estimate of drug-likeness (QED) is 0.820. The van der Waals surface area contributed by atoms with Gasteiger partial charge in [-0.1, -0.05) is 33.6 Å². The van der Waals surface area contributed by atoms with Crippen molar-refractivity contribution >= 4 is 22.4 Å². The first-order valence-corrected chi connectivity index (χ1v) is 6.91. The van der Waals surface area contributed by atoms with Crippen LogP contribution >= 0.6 is 11.3 Å². The molecule has 1 aromatic heterocycles. The molecule has 0 saturated heterocycles. The highest BCUT2D eigenvalue weighted by atomic mass is 32.1. The highest BCUT2D eigenvalue weighted by Crippen LogP contribution is 2.20. The molecule has 96 valence electrons. The van der Waals surface area contributed by atoms with Crippen LogP contribution in [0.2, 0.25) is 0 Å². The van der Waals surface area contributed by atoms with Crippen LogP contribution in [0.4, 0.5) is 5.13 Å². The summed E-state index contributed by atoms with van der Waals surface area (Å²) in [5.74, 6) is 0.0434. The minimum Gasteiger partial charge on any atom is -0.320 e. The molecule has 0 spiro atoms. The second-order valence-electron chi connectivity index (χ2n) is 4.28. The van der Waals surface area contributed by atoms with Crippen molar-refractivity contribution < 1.29 is 4.79 Å². The molecule has 0 bridgehead atoms. The Morgan fingerprint density at radius 1 is 1.59 bits per heavy atom. The lowest BCUT2D eigenvalue weighted by atomic mass is 10.00. The summed E-state index contributed by atoms with van der Waals surface area (Å²) < 4.78 is 0. The molecule has 2 atom stereocenters. The second kappa shape index (κ2) is 6.71. The van der Waals surface area contributed by atoms with Gasteiger partial charge in [0.05, 0.1) is 6.04 Å². The number of amides is 1. The fourth-order valence-electron chi connectivity index (χ4n) is 1.43. The highest BCUT2D eigenvalue weighted by molar-refractivity contribution is 7.15. The van der Waals surface area contributed by atoms with E-state index in [2.05, 4.69) is 17.2 Å². The predicted molar refractivity (Wildman–Crippen MR) is 72.2 cm³/mol. The van der Waals surface area contributed by atoms with Crippen LogP contribution < -0.4 is 11.1 Å². The molecular formula is C12H21N3OS. The van der Waals surface area contributed by atoms with Gasteiger partial charge < -0.3 is 11.1 Å². The van der Waals surface area contributed by atoms with Crippen LogP contribution in [0.15, 0.2) is 6.20 Å². The molecule has 0 saturated carbocycles. The number of aryl methyl sites for hydroxylation is 1. The van der Waals surface area contributed by atoms with E-state index in [9.17, 15) is 4.79 Å². The largest absolute Gasteiger partial charge is 0.320 e. The third-order valence-electron chi connectivity index (χ3n) is 2.84. The maximum atomic E-state index is 11.8. The summed E-state index contributed by atoms with van der Waals surface area (Å²) >= 11 is 1.52. The zero-order valence-electron chi connectivity index (χ0n) is 10.7. The number of aromatic nitrogens is 1. The van der Waals surface area contributed by atoms with Crippen molar-refractivity contribution in [3.05, 3.63) is 11.1 Å². The smallest absolute Gasteiger partial charge is 0.243 e. The molecule has 0 radical (unpaired) electrons. The van der Waals surface area contributed by atoms with E-state index in [0.717, 1.165) is 19.3 Å². The lowest BCUT2D eigenvalue weighted by molar-refractivity contribution is -0.118. The Bertz CT molecular complexity index is 364. The standard InChI is InChI=1S/C12H21N3OS/c1-4-6-9-7-14-12(17-9)15-11(16)10(13)8(3)5-2/h7-8,10H,4-6,13H2,1-3H3,(H,14,15,16). The average molecular weight is 255 g/mol. The number of nitrogens with one attached hydrogen (secondary N) is 1. The zero-order chi connectivity index (χ0) is 12.8. The minimum absolute atomic E-state index is 0.142. The zero-order valence-corrected chi connectivity index (χ0v) is 11.5. The Morgan fingerprint density at radius 3 is 2.88 bits per heavy atom. The van der Waals surface area contributed by atoms with Gasteiger partial charge >= 0.3 is 0 Å². The molecule has 0 aromatic carbocycles. The van der Waals surface area contributed by atoms with Crippen molar-refractivity contribution in [2.75, 3.05) is 5.32 Å². The molecule has 1 amide bonds. The summed E-state index contributed by atoms with van der Waals surface area (Å²) in [6, 6.07) is -0.460. The predicted octanol–water partition coefficient (Wildman–Crippen LogP) is 2.41. The van der Waals surface area contributed by atoms with E-state index < -0.39 is 6.04 Å². The van der Waals surface area contributed by atoms with Gasteiger partial charge in [-0.3, -0.25) is 4.79 Å². The van der Waals surface area contributed by atoms with E-state index >= 15 is 0 Å². The van der Waals surface area contributed by atoms with E-state index in [0.29, 0.717) is 5.13 Å². The van der Waals surface area contributed by atoms with Crippen LogP contribution in [0.1, 0.15) is 38.5 Å². The molecule has 3 N–H and O–H groups in total. The van der Waals surface area contributed by atoms with Crippen LogP contribution in [-0.2, 0) is 11.2 Å². The number of carbonyl (C=O) groups is 1. The Kier molecular flexibility index (Phi) is 5.58. The molecule has 17 heavy (non-hydrogen) atoms. The molecule has 5 heteroatoms. The first-order chi connectivity index (χ1) is 8.08. The number of thiazole rings is 1. The molecule has 2 unspecified atom stereocenters. The van der Waals surface area contributed by atoms with Crippen LogP contribution in [0.5, 0.6) is 0 Å². The van der Waals surface area contributed by atoms with Crippen molar-refractivity contribution in [3.63, 3.8) is 0 Å². The summed E-state index contributed by atoms with van der Waals surface area (Å²) in [7, 11) is 0. The summed E-state index contributed by atoms with van der Waals surface area (Å²) in [5.41, 5.74) is 5.85. The fourth-order valence-corrected chi connectivity index (χ4v) is 2.35. The lowest BCUT2D eigenvalue weighted by Crippen LogP contribution is -2.40. The number of nitrogens with two attached hydrogens (primary N) is 1. The normalized spacial score (nSPS) is 14.4. The SMILES string of the molecule is CCCc1cnc(NC(=O)C(N)C(C)CC)s1. The topological polar surface area (TPSA) is 68.0 Å². The van der Waals surface area contributed by atoms with E-state index in [1.54, 1.807) is 0 Å². The van der Waals surface area contributed by atoms with E-state index in [1.807, 2.05) is 20.0 Å². The number of nitrogens with zero attached hydrogens (tertiary/aromatic N) is 1. The van der Waals surface area contributed by atoms with Gasteiger partial charge in [0.25, 0.3) is 0 Å². The number of hydrogen-bond donors (Lipinski definition) is 2. The Labute approximate surface area is 107 Å². The maximum absolute atomic E-state index is 11.8. The molecule has 0 fully saturated rings. The van der Waals surface area contributed by atoms with Crippen LogP contribution in [-0.4, -0.2) is 16.9 Å². The minimum atomic E-state index is -0.460. The lowest BCUT2D eigenvalue weighted by Gasteiger charge is -2.16. The second-order valence-corrected chi connectivity index (χ2v) is 5.40. The van der Waals surface area contributed by atoms with Crippen LogP contribution in [0.3, 0.4) is 0 Å². The highest BCUT2D eigenvalue weighted by Gasteiger charge is 2.20. The summed E-state index contributed by atoms with van der Waals surface area (Å²) in [5, 5.41) is 3.43. The number of rotatable bonds is 6. The summed E-state index contributed by atoms with van der Waals surface area (Å²) in [6.45, 7) is 6.13. The van der Waals surface area contributed by atoms with Gasteiger partial charge in [-0.05, 0) is 12.3 Å². The molecule has 1 rings (SSSR count). The van der Waals surface area contributed by atoms with Crippen molar-refractivity contribution in [2.24, 2.45) is 11.7 Å². The molecule has 0 aliphatic heterocycles. The maximum Gasteiger partial charge on any atom is 0.243 e. The third-order valence-corrected chi connectivity index (χ3v) is 3.81. The average Bonchev–Trinajstić information content (AvgIpc) is 2.75. The number of hydrogen-bond acceptors (Lipinski definition) is 4. The van der Waals surface area contributed by atoms with E-state index in [-0.39, 0.29) is 11.8 Å². The Hall–Kier alpha value is -0.940. The van der Waals surface area contributed by atoms with Gasteiger partial charge in [0.2, 0.25) is 5.91 Å². The fraction of sp³-hybridized carbons (Fsp3) is 0.667. The van der Waals surface area contributed by atoms with Gasteiger partial charge in [0.15, 0.2) is 5.13 Å². The van der Waals surface area contributed by atoms with Gasteiger partial charge in [-0.25, -0.2) is 4.98 Å². The molecule has 0 aliphatic rings. The van der Waals surface area contributed by atoms with Crippen molar-refractivity contribution in [3.8, 4) is 0 Å². The van der Waals surface area contributed by atoms with Gasteiger partial charge in [0, 0.05) is 11.1 Å². The molecule has 1 heterocycles. The molecule has 4 nitrogen and oxygen atoms in total. The molecular weight excluding hydrogens is 234 g/mol. The van der Waals surface area contributed by atoms with Crippen LogP contribution in [0, 0.1) is 5.92 Å². The van der Waals surface area contributed by atoms with E-state index in [4.69, 9.17) is 5.73 Å². The van der Waals surface area contributed by atoms with Gasteiger partial charge in [-0.15, -0.1) is 11.3 Å². The number of anilines is 1. The first kappa shape index (κ1) is 14.1. The van der Waals surface area contributed by atoms with Crippen LogP contribution in [0.25, 0.3) is 0 Å². The van der Waals surface area contributed by atoms with Gasteiger partial charge in [0.1, 0.15) is 0 Å². The number of carbonyl (C=O) groups excluding carboxylic acids is 1. The van der Waals surface area contributed by atoms with Gasteiger partial charge in [-0.2, -0.15) is 0 Å². The third kappa shape index (κ3) is 4.09. The van der Waals surface area contributed by atoms with E-state index in [1.165, 1.54) is 16.2 Å². The molecule has 0 aliphatic carbocycles. The van der Waals surface area contributed by atoms with Crippen molar-refractivity contribution in [2.45, 2.75) is 46.1 Å². The monoisotopic (exact) mass is 255 g/mol. The summed E-state index contributed by atoms with van der Waals surface area (Å²) in [6.07, 6.45) is 4.80. The molecule has 1 aromatic rings. The van der Waals surface area contributed by atoms with Crippen molar-refractivity contribution in [1.82, 2.24) is 4.98 Å². The first-order valence-electron chi connectivity index (χ1n) is 6.09. The Morgan fingerprint density at radius 2 is 2.29 bits per heavy atom. The summed E-state index contributed by atoms with van der Waals surface area (Å²) in [4.78, 5) is 17.2. The Balaban J connectivity index is 2.55. The van der Waals surface area contributed by atoms with Crippen molar-refractivity contribution in [1.29, 1.82) is 0 Å².